The van der Waals surface area contributed by atoms with Crippen LogP contribution in [0.4, 0.5) is 13.2 Å². The zero-order chi connectivity index (χ0) is 20.4. The Kier molecular flexibility index (Phi) is 5.62. The first-order valence-electron chi connectivity index (χ1n) is 8.24. The molecule has 0 fully saturated rings. The van der Waals surface area contributed by atoms with E-state index in [1.165, 1.54) is 36.6 Å². The lowest BCUT2D eigenvalue weighted by Crippen LogP contribution is -2.33. The van der Waals surface area contributed by atoms with E-state index >= 15 is 0 Å². The molecule has 0 unspecified atom stereocenters. The van der Waals surface area contributed by atoms with Crippen LogP contribution in [0.25, 0.3) is 0 Å². The minimum Gasteiger partial charge on any atom is -0.457 e. The minimum atomic E-state index is -4.60. The molecule has 3 aromatic rings. The summed E-state index contributed by atoms with van der Waals surface area (Å²) < 4.78 is 53.8. The summed E-state index contributed by atoms with van der Waals surface area (Å²) >= 11 is 5.82. The average molecular weight is 412 g/mol. The second-order valence-corrected chi connectivity index (χ2v) is 6.73. The van der Waals surface area contributed by atoms with Crippen molar-refractivity contribution in [1.82, 2.24) is 14.8 Å². The molecule has 1 atom stereocenters. The number of hydrogen-bond acceptors (Lipinski definition) is 4. The lowest BCUT2D eigenvalue weighted by atomic mass is 9.90. The van der Waals surface area contributed by atoms with Crippen LogP contribution in [0.5, 0.6) is 11.5 Å². The standard InChI is InChI=1S/C19H17ClF3N3O2/c1-18(27-2,10-26-12-24-11-25-26)16-8-7-15(9-17(16)19(21,22)23)28-14-5-3-13(20)4-6-14/h3-9,11-12H,10H2,1-2H3/t18-/m1/s1. The molecule has 28 heavy (non-hydrogen) atoms. The Labute approximate surface area is 164 Å². The Morgan fingerprint density at radius 2 is 1.71 bits per heavy atom. The van der Waals surface area contributed by atoms with Crippen LogP contribution in [-0.4, -0.2) is 21.9 Å². The van der Waals surface area contributed by atoms with E-state index in [-0.39, 0.29) is 17.9 Å². The summed E-state index contributed by atoms with van der Waals surface area (Å²) in [7, 11) is 1.36. The highest BCUT2D eigenvalue weighted by atomic mass is 35.5. The summed E-state index contributed by atoms with van der Waals surface area (Å²) in [6.07, 6.45) is -1.87. The van der Waals surface area contributed by atoms with Crippen LogP contribution in [0.2, 0.25) is 5.02 Å². The van der Waals surface area contributed by atoms with Crippen molar-refractivity contribution in [3.63, 3.8) is 0 Å². The smallest absolute Gasteiger partial charge is 0.416 e. The second-order valence-electron chi connectivity index (χ2n) is 6.29. The first-order valence-corrected chi connectivity index (χ1v) is 8.62. The lowest BCUT2D eigenvalue weighted by Gasteiger charge is -2.31. The Bertz CT molecular complexity index is 931. The predicted octanol–water partition coefficient (Wildman–Crippen LogP) is 5.30. The van der Waals surface area contributed by atoms with Crippen molar-refractivity contribution in [3.8, 4) is 11.5 Å². The fourth-order valence-corrected chi connectivity index (χ4v) is 2.93. The number of nitrogens with zero attached hydrogens (tertiary/aromatic N) is 3. The number of rotatable bonds is 6. The third-order valence-electron chi connectivity index (χ3n) is 4.30. The van der Waals surface area contributed by atoms with Crippen molar-refractivity contribution in [2.24, 2.45) is 0 Å². The number of ether oxygens (including phenoxy) is 2. The van der Waals surface area contributed by atoms with E-state index in [1.807, 2.05) is 0 Å². The van der Waals surface area contributed by atoms with E-state index in [4.69, 9.17) is 21.1 Å². The van der Waals surface area contributed by atoms with Gasteiger partial charge in [0.15, 0.2) is 0 Å². The number of aromatic nitrogens is 3. The van der Waals surface area contributed by atoms with Gasteiger partial charge in [-0.3, -0.25) is 0 Å². The molecule has 0 amide bonds. The van der Waals surface area contributed by atoms with Crippen molar-refractivity contribution in [2.45, 2.75) is 25.2 Å². The maximum Gasteiger partial charge on any atom is 0.416 e. The number of halogens is 4. The molecule has 1 heterocycles. The highest BCUT2D eigenvalue weighted by Crippen LogP contribution is 2.41. The van der Waals surface area contributed by atoms with Gasteiger partial charge in [0, 0.05) is 12.1 Å². The van der Waals surface area contributed by atoms with E-state index in [0.717, 1.165) is 6.07 Å². The molecule has 1 aromatic heterocycles. The maximum atomic E-state index is 13.8. The van der Waals surface area contributed by atoms with Gasteiger partial charge in [0.2, 0.25) is 0 Å². The number of alkyl halides is 3. The van der Waals surface area contributed by atoms with Crippen molar-refractivity contribution in [2.75, 3.05) is 7.11 Å². The third-order valence-corrected chi connectivity index (χ3v) is 4.55. The molecule has 3 rings (SSSR count). The van der Waals surface area contributed by atoms with Crippen LogP contribution in [-0.2, 0) is 23.1 Å². The first kappa shape index (κ1) is 20.2. The largest absolute Gasteiger partial charge is 0.457 e. The Hall–Kier alpha value is -2.58. The van der Waals surface area contributed by atoms with Gasteiger partial charge in [-0.05, 0) is 48.9 Å². The van der Waals surface area contributed by atoms with Gasteiger partial charge in [0.25, 0.3) is 0 Å². The Balaban J connectivity index is 1.99. The van der Waals surface area contributed by atoms with Crippen molar-refractivity contribution in [3.05, 3.63) is 71.3 Å². The van der Waals surface area contributed by atoms with E-state index in [0.29, 0.717) is 10.8 Å². The third kappa shape index (κ3) is 4.45. The molecule has 0 N–H and O–H groups in total. The van der Waals surface area contributed by atoms with Crippen LogP contribution in [0, 0.1) is 0 Å². The summed E-state index contributed by atoms with van der Waals surface area (Å²) in [5, 5.41) is 4.46. The van der Waals surface area contributed by atoms with Crippen LogP contribution in [0.1, 0.15) is 18.1 Å². The summed E-state index contributed by atoms with van der Waals surface area (Å²) in [4.78, 5) is 3.82. The molecular weight excluding hydrogens is 395 g/mol. The van der Waals surface area contributed by atoms with Gasteiger partial charge in [-0.1, -0.05) is 17.7 Å². The number of methoxy groups -OCH3 is 1. The summed E-state index contributed by atoms with van der Waals surface area (Å²) in [5.41, 5.74) is -2.15. The number of benzene rings is 2. The molecule has 0 bridgehead atoms. The predicted molar refractivity (Wildman–Crippen MR) is 97.4 cm³/mol. The lowest BCUT2D eigenvalue weighted by molar-refractivity contribution is -0.141. The normalized spacial score (nSPS) is 13.9. The van der Waals surface area contributed by atoms with E-state index in [9.17, 15) is 13.2 Å². The zero-order valence-electron chi connectivity index (χ0n) is 15.1. The van der Waals surface area contributed by atoms with Gasteiger partial charge in [-0.2, -0.15) is 18.3 Å². The molecule has 9 heteroatoms. The average Bonchev–Trinajstić information content (AvgIpc) is 3.15. The SMILES string of the molecule is CO[C@](C)(Cn1cncn1)c1ccc(Oc2ccc(Cl)cc2)cc1C(F)(F)F. The van der Waals surface area contributed by atoms with Crippen LogP contribution >= 0.6 is 11.6 Å². The number of hydrogen-bond donors (Lipinski definition) is 0. The summed E-state index contributed by atoms with van der Waals surface area (Å²) in [5.74, 6) is 0.431. The van der Waals surface area contributed by atoms with E-state index in [1.54, 1.807) is 31.2 Å². The van der Waals surface area contributed by atoms with Gasteiger partial charge < -0.3 is 9.47 Å². The second kappa shape index (κ2) is 7.81. The Morgan fingerprint density at radius 3 is 2.29 bits per heavy atom. The summed E-state index contributed by atoms with van der Waals surface area (Å²) in [6, 6.07) is 10.1. The topological polar surface area (TPSA) is 49.2 Å². The fourth-order valence-electron chi connectivity index (χ4n) is 2.80. The molecule has 0 spiro atoms. The molecule has 0 saturated carbocycles. The highest BCUT2D eigenvalue weighted by Gasteiger charge is 2.40. The van der Waals surface area contributed by atoms with Gasteiger partial charge >= 0.3 is 6.18 Å². The van der Waals surface area contributed by atoms with Crippen LogP contribution in [0.15, 0.2) is 55.1 Å². The molecule has 5 nitrogen and oxygen atoms in total. The van der Waals surface area contributed by atoms with Crippen molar-refractivity contribution >= 4 is 11.6 Å². The van der Waals surface area contributed by atoms with Crippen molar-refractivity contribution < 1.29 is 22.6 Å². The van der Waals surface area contributed by atoms with Gasteiger partial charge in [0.1, 0.15) is 29.8 Å². The molecule has 0 aliphatic carbocycles. The molecule has 0 radical (unpaired) electrons. The van der Waals surface area contributed by atoms with E-state index < -0.39 is 17.3 Å². The molecule has 2 aromatic carbocycles. The van der Waals surface area contributed by atoms with Gasteiger partial charge in [-0.25, -0.2) is 9.67 Å². The molecule has 0 saturated heterocycles. The van der Waals surface area contributed by atoms with Crippen LogP contribution < -0.4 is 4.74 Å². The van der Waals surface area contributed by atoms with Gasteiger partial charge in [-0.15, -0.1) is 0 Å². The molecule has 0 aliphatic rings. The summed E-state index contributed by atoms with van der Waals surface area (Å²) in [6.45, 7) is 1.63. The minimum absolute atomic E-state index is 0.0264. The highest BCUT2D eigenvalue weighted by molar-refractivity contribution is 6.30. The van der Waals surface area contributed by atoms with Crippen LogP contribution in [0.3, 0.4) is 0 Å². The fraction of sp³-hybridized carbons (Fsp3) is 0.263. The Morgan fingerprint density at radius 1 is 1.04 bits per heavy atom. The molecule has 148 valence electrons. The van der Waals surface area contributed by atoms with Gasteiger partial charge in [0.05, 0.1) is 12.1 Å². The molecule has 0 aliphatic heterocycles. The maximum absolute atomic E-state index is 13.8. The molecular formula is C19H17ClF3N3O2. The van der Waals surface area contributed by atoms with Crippen molar-refractivity contribution in [1.29, 1.82) is 0 Å². The monoisotopic (exact) mass is 411 g/mol. The quantitative estimate of drug-likeness (QED) is 0.552. The van der Waals surface area contributed by atoms with E-state index in [2.05, 4.69) is 10.1 Å². The zero-order valence-corrected chi connectivity index (χ0v) is 15.8. The first-order chi connectivity index (χ1) is 13.2.